The van der Waals surface area contributed by atoms with E-state index >= 15 is 0 Å². The van der Waals surface area contributed by atoms with Crippen molar-refractivity contribution in [1.82, 2.24) is 0 Å². The number of thioether (sulfide) groups is 1. The smallest absolute Gasteiger partial charge is 0.136 e. The van der Waals surface area contributed by atoms with Crippen molar-refractivity contribution in [2.75, 3.05) is 18.1 Å². The topological polar surface area (TPSA) is 26.3 Å². The van der Waals surface area contributed by atoms with E-state index < -0.39 is 0 Å². The van der Waals surface area contributed by atoms with Gasteiger partial charge in [-0.15, -0.1) is 0 Å². The molecule has 96 valence electrons. The monoisotopic (exact) mass is 254 g/mol. The summed E-state index contributed by atoms with van der Waals surface area (Å²) in [5.41, 5.74) is 0.150. The molecule has 3 aliphatic rings. The Balaban J connectivity index is 1.68. The van der Waals surface area contributed by atoms with E-state index in [1.165, 1.54) is 24.3 Å². The lowest BCUT2D eigenvalue weighted by atomic mass is 9.75. The summed E-state index contributed by atoms with van der Waals surface area (Å²) in [7, 11) is 0. The molecule has 2 atom stereocenters. The summed E-state index contributed by atoms with van der Waals surface area (Å²) in [6, 6.07) is 0. The first-order valence-electron chi connectivity index (χ1n) is 7.04. The van der Waals surface area contributed by atoms with Crippen LogP contribution in [0, 0.1) is 11.8 Å². The first-order valence-corrected chi connectivity index (χ1v) is 8.19. The minimum absolute atomic E-state index is 0.150. The summed E-state index contributed by atoms with van der Waals surface area (Å²) in [5.74, 6) is 4.03. The molecule has 2 heterocycles. The number of rotatable bonds is 1. The second-order valence-corrected chi connectivity index (χ2v) is 7.09. The van der Waals surface area contributed by atoms with E-state index in [4.69, 9.17) is 4.74 Å². The fourth-order valence-corrected chi connectivity index (χ4v) is 5.08. The molecule has 1 spiro atoms. The van der Waals surface area contributed by atoms with Gasteiger partial charge in [0.05, 0.1) is 5.60 Å². The molecule has 1 saturated carbocycles. The number of hydrogen-bond donors (Lipinski definition) is 0. The maximum atomic E-state index is 11.9. The maximum Gasteiger partial charge on any atom is 0.136 e. The zero-order chi connectivity index (χ0) is 11.7. The minimum Gasteiger partial charge on any atom is -0.375 e. The highest BCUT2D eigenvalue weighted by Crippen LogP contribution is 2.44. The lowest BCUT2D eigenvalue weighted by Crippen LogP contribution is -2.44. The number of hydrogen-bond acceptors (Lipinski definition) is 3. The molecule has 0 radical (unpaired) electrons. The highest BCUT2D eigenvalue weighted by atomic mass is 32.2. The summed E-state index contributed by atoms with van der Waals surface area (Å²) in [6.45, 7) is 0.888. The zero-order valence-electron chi connectivity index (χ0n) is 10.5. The molecule has 3 heteroatoms. The molecule has 0 N–H and O–H groups in total. The van der Waals surface area contributed by atoms with Crippen molar-refractivity contribution in [2.24, 2.45) is 11.8 Å². The van der Waals surface area contributed by atoms with Gasteiger partial charge in [-0.3, -0.25) is 4.79 Å². The lowest BCUT2D eigenvalue weighted by Gasteiger charge is -2.44. The molecule has 1 aliphatic carbocycles. The van der Waals surface area contributed by atoms with Crippen molar-refractivity contribution in [3.8, 4) is 0 Å². The van der Waals surface area contributed by atoms with E-state index in [1.54, 1.807) is 0 Å². The van der Waals surface area contributed by atoms with Gasteiger partial charge < -0.3 is 4.74 Å². The summed E-state index contributed by atoms with van der Waals surface area (Å²) < 4.78 is 6.11. The molecule has 2 nitrogen and oxygen atoms in total. The van der Waals surface area contributed by atoms with Gasteiger partial charge >= 0.3 is 0 Å². The van der Waals surface area contributed by atoms with Crippen LogP contribution in [0.5, 0.6) is 0 Å². The Hall–Kier alpha value is -0.0200. The lowest BCUT2D eigenvalue weighted by molar-refractivity contribution is -0.131. The second kappa shape index (κ2) is 4.93. The number of Topliss-reactive ketones (excluding diaryl/α,β-unsaturated/α-hetero) is 1. The van der Waals surface area contributed by atoms with Crippen LogP contribution < -0.4 is 0 Å². The molecule has 17 heavy (non-hydrogen) atoms. The number of ether oxygens (including phenoxy) is 1. The zero-order valence-corrected chi connectivity index (χ0v) is 11.3. The molecule has 0 aromatic rings. The van der Waals surface area contributed by atoms with E-state index in [1.807, 2.05) is 11.8 Å². The Labute approximate surface area is 108 Å². The van der Waals surface area contributed by atoms with Gasteiger partial charge in [-0.1, -0.05) is 0 Å². The molecular formula is C14H22O2S. The van der Waals surface area contributed by atoms with Crippen molar-refractivity contribution in [3.05, 3.63) is 0 Å². The van der Waals surface area contributed by atoms with Gasteiger partial charge in [0.2, 0.25) is 0 Å². The highest BCUT2D eigenvalue weighted by Gasteiger charge is 2.43. The van der Waals surface area contributed by atoms with Crippen molar-refractivity contribution in [3.63, 3.8) is 0 Å². The predicted octanol–water partition coefficient (Wildman–Crippen LogP) is 3.05. The summed E-state index contributed by atoms with van der Waals surface area (Å²) >= 11 is 2.05. The van der Waals surface area contributed by atoms with Crippen molar-refractivity contribution in [1.29, 1.82) is 0 Å². The van der Waals surface area contributed by atoms with E-state index in [-0.39, 0.29) is 5.60 Å². The van der Waals surface area contributed by atoms with E-state index in [9.17, 15) is 4.79 Å². The third-order valence-corrected chi connectivity index (χ3v) is 5.84. The van der Waals surface area contributed by atoms with Crippen LogP contribution in [-0.2, 0) is 9.53 Å². The van der Waals surface area contributed by atoms with Crippen molar-refractivity contribution in [2.45, 2.75) is 50.5 Å². The van der Waals surface area contributed by atoms with Crippen LogP contribution in [0.4, 0.5) is 0 Å². The van der Waals surface area contributed by atoms with Gasteiger partial charge in [-0.25, -0.2) is 0 Å². The fourth-order valence-electron chi connectivity index (χ4n) is 3.84. The minimum atomic E-state index is 0.150. The van der Waals surface area contributed by atoms with Crippen molar-refractivity contribution >= 4 is 17.5 Å². The van der Waals surface area contributed by atoms with Gasteiger partial charge in [-0.2, -0.15) is 11.8 Å². The Kier molecular flexibility index (Phi) is 3.49. The molecular weight excluding hydrogens is 232 g/mol. The number of carbonyl (C=O) groups excluding carboxylic acids is 1. The van der Waals surface area contributed by atoms with Crippen LogP contribution in [0.3, 0.4) is 0 Å². The third kappa shape index (κ3) is 2.41. The van der Waals surface area contributed by atoms with Gasteiger partial charge in [0.1, 0.15) is 5.78 Å². The Morgan fingerprint density at radius 2 is 2.06 bits per heavy atom. The number of ketones is 1. The van der Waals surface area contributed by atoms with Crippen LogP contribution in [0.15, 0.2) is 0 Å². The average molecular weight is 254 g/mol. The maximum absolute atomic E-state index is 11.9. The van der Waals surface area contributed by atoms with Crippen LogP contribution in [0.1, 0.15) is 44.9 Å². The highest BCUT2D eigenvalue weighted by molar-refractivity contribution is 7.99. The van der Waals surface area contributed by atoms with Crippen LogP contribution in [0.2, 0.25) is 0 Å². The van der Waals surface area contributed by atoms with E-state index in [0.29, 0.717) is 17.6 Å². The largest absolute Gasteiger partial charge is 0.375 e. The van der Waals surface area contributed by atoms with Crippen LogP contribution in [0.25, 0.3) is 0 Å². The Morgan fingerprint density at radius 3 is 2.76 bits per heavy atom. The Bertz CT molecular complexity index is 291. The molecule has 2 unspecified atom stereocenters. The first-order chi connectivity index (χ1) is 8.29. The molecule has 0 aromatic carbocycles. The number of carbonyl (C=O) groups is 1. The molecule has 3 rings (SSSR count). The van der Waals surface area contributed by atoms with Gasteiger partial charge in [-0.05, 0) is 55.9 Å². The Morgan fingerprint density at radius 1 is 1.24 bits per heavy atom. The predicted molar refractivity (Wildman–Crippen MR) is 70.3 cm³/mol. The van der Waals surface area contributed by atoms with Crippen LogP contribution >= 0.6 is 11.8 Å². The molecule has 3 fully saturated rings. The normalized spacial score (nSPS) is 37.5. The summed E-state index contributed by atoms with van der Waals surface area (Å²) in [4.78, 5) is 11.9. The molecule has 2 aliphatic heterocycles. The van der Waals surface area contributed by atoms with Gasteiger partial charge in [0.15, 0.2) is 0 Å². The molecule has 0 amide bonds. The van der Waals surface area contributed by atoms with Crippen LogP contribution in [-0.4, -0.2) is 29.5 Å². The van der Waals surface area contributed by atoms with Crippen molar-refractivity contribution < 1.29 is 9.53 Å². The van der Waals surface area contributed by atoms with Gasteiger partial charge in [0.25, 0.3) is 0 Å². The van der Waals surface area contributed by atoms with E-state index in [0.717, 1.165) is 38.7 Å². The fraction of sp³-hybridized carbons (Fsp3) is 0.929. The van der Waals surface area contributed by atoms with E-state index in [2.05, 4.69) is 0 Å². The second-order valence-electron chi connectivity index (χ2n) is 5.86. The molecule has 2 saturated heterocycles. The summed E-state index contributed by atoms with van der Waals surface area (Å²) in [6.07, 6.45) is 7.79. The molecule has 0 aromatic heterocycles. The summed E-state index contributed by atoms with van der Waals surface area (Å²) in [5, 5.41) is 0. The van der Waals surface area contributed by atoms with Gasteiger partial charge in [0, 0.05) is 18.9 Å². The SMILES string of the molecule is O=C1CCCC1C1CCOC2(CCSCC2)C1. The first kappa shape index (κ1) is 12.0. The standard InChI is InChI=1S/C14H22O2S/c15-13-3-1-2-12(13)11-4-7-16-14(10-11)5-8-17-9-6-14/h11-12H,1-10H2. The third-order valence-electron chi connectivity index (χ3n) is 4.86. The average Bonchev–Trinajstić information content (AvgIpc) is 2.77. The quantitative estimate of drug-likeness (QED) is 0.719. The molecule has 0 bridgehead atoms.